The molecule has 156 valence electrons. The van der Waals surface area contributed by atoms with Crippen LogP contribution in [0.2, 0.25) is 5.15 Å². The largest absolute Gasteiger partial charge is 0.467 e. The summed E-state index contributed by atoms with van der Waals surface area (Å²) in [5.74, 6) is 0.00150. The van der Waals surface area contributed by atoms with Gasteiger partial charge in [-0.3, -0.25) is 0 Å². The highest BCUT2D eigenvalue weighted by Gasteiger charge is 2.47. The lowest BCUT2D eigenvalue weighted by atomic mass is 9.90. The molecule has 0 N–H and O–H groups in total. The molecule has 1 spiro atoms. The van der Waals surface area contributed by atoms with Gasteiger partial charge >= 0.3 is 6.18 Å². The summed E-state index contributed by atoms with van der Waals surface area (Å²) in [4.78, 5) is 0. The molecule has 1 aromatic carbocycles. The molecule has 0 radical (unpaired) electrons. The quantitative estimate of drug-likeness (QED) is 0.676. The summed E-state index contributed by atoms with van der Waals surface area (Å²) in [7, 11) is 1.39. The first-order valence-corrected chi connectivity index (χ1v) is 9.26. The monoisotopic (exact) mass is 430 g/mol. The van der Waals surface area contributed by atoms with Gasteiger partial charge in [-0.05, 0) is 24.6 Å². The number of aromatic nitrogens is 2. The highest BCUT2D eigenvalue weighted by molar-refractivity contribution is 6.30. The zero-order valence-corrected chi connectivity index (χ0v) is 16.5. The van der Waals surface area contributed by atoms with Crippen molar-refractivity contribution in [3.8, 4) is 17.0 Å². The van der Waals surface area contributed by atoms with E-state index in [4.69, 9.17) is 30.5 Å². The molecule has 0 aliphatic carbocycles. The molecule has 1 saturated heterocycles. The SMILES string of the molecule is COCOc1cc(C(F)(F)F)cc(C)c1-c1nnc(Cl)c2c1COC21CCOC1. The van der Waals surface area contributed by atoms with Crippen molar-refractivity contribution in [3.63, 3.8) is 0 Å². The number of aryl methyl sites for hydroxylation is 1. The molecule has 4 rings (SSSR count). The molecule has 1 aromatic heterocycles. The number of nitrogens with zero attached hydrogens (tertiary/aromatic N) is 2. The predicted molar refractivity (Wildman–Crippen MR) is 96.6 cm³/mol. The Morgan fingerprint density at radius 1 is 1.28 bits per heavy atom. The maximum Gasteiger partial charge on any atom is 0.416 e. The first-order valence-electron chi connectivity index (χ1n) is 8.88. The number of rotatable bonds is 4. The van der Waals surface area contributed by atoms with E-state index in [1.54, 1.807) is 6.92 Å². The van der Waals surface area contributed by atoms with Gasteiger partial charge in [0.05, 0.1) is 18.8 Å². The van der Waals surface area contributed by atoms with Crippen LogP contribution in [0, 0.1) is 6.92 Å². The number of hydrogen-bond acceptors (Lipinski definition) is 6. The van der Waals surface area contributed by atoms with Gasteiger partial charge in [0, 0.05) is 36.8 Å². The molecule has 0 bridgehead atoms. The summed E-state index contributed by atoms with van der Waals surface area (Å²) in [6.07, 6.45) is -3.90. The molecular weight excluding hydrogens is 413 g/mol. The molecular formula is C19H18ClF3N2O4. The summed E-state index contributed by atoms with van der Waals surface area (Å²) < 4.78 is 61.8. The molecule has 6 nitrogen and oxygen atoms in total. The molecule has 0 saturated carbocycles. The van der Waals surface area contributed by atoms with Crippen LogP contribution in [0.4, 0.5) is 13.2 Å². The summed E-state index contributed by atoms with van der Waals surface area (Å²) in [6, 6.07) is 2.00. The zero-order chi connectivity index (χ0) is 20.8. The lowest BCUT2D eigenvalue weighted by Crippen LogP contribution is -2.26. The molecule has 1 fully saturated rings. The Kier molecular flexibility index (Phi) is 5.18. The van der Waals surface area contributed by atoms with Crippen molar-refractivity contribution in [2.75, 3.05) is 27.1 Å². The van der Waals surface area contributed by atoms with Crippen LogP contribution in [0.5, 0.6) is 5.75 Å². The van der Waals surface area contributed by atoms with Gasteiger partial charge in [-0.1, -0.05) is 11.6 Å². The lowest BCUT2D eigenvalue weighted by molar-refractivity contribution is -0.137. The fraction of sp³-hybridized carbons (Fsp3) is 0.474. The van der Waals surface area contributed by atoms with E-state index in [0.29, 0.717) is 47.6 Å². The summed E-state index contributed by atoms with van der Waals surface area (Å²) in [6.45, 7) is 2.41. The molecule has 29 heavy (non-hydrogen) atoms. The number of fused-ring (bicyclic) bond motifs is 2. The normalized spacial score (nSPS) is 21.0. The minimum absolute atomic E-state index is 0.00150. The molecule has 2 aliphatic rings. The van der Waals surface area contributed by atoms with Crippen molar-refractivity contribution < 1.29 is 32.1 Å². The number of ether oxygens (including phenoxy) is 4. The molecule has 1 atom stereocenters. The molecule has 10 heteroatoms. The smallest absolute Gasteiger partial charge is 0.416 e. The number of hydrogen-bond donors (Lipinski definition) is 0. The Labute approximate surface area is 169 Å². The third-order valence-electron chi connectivity index (χ3n) is 5.16. The van der Waals surface area contributed by atoms with Gasteiger partial charge < -0.3 is 18.9 Å². The Balaban J connectivity index is 1.91. The van der Waals surface area contributed by atoms with Crippen LogP contribution in [0.25, 0.3) is 11.3 Å². The van der Waals surface area contributed by atoms with Crippen molar-refractivity contribution in [2.45, 2.75) is 31.7 Å². The lowest BCUT2D eigenvalue weighted by Gasteiger charge is -2.22. The van der Waals surface area contributed by atoms with E-state index in [1.807, 2.05) is 0 Å². The first-order chi connectivity index (χ1) is 13.8. The van der Waals surface area contributed by atoms with Crippen molar-refractivity contribution in [3.05, 3.63) is 39.5 Å². The van der Waals surface area contributed by atoms with Crippen molar-refractivity contribution in [2.24, 2.45) is 0 Å². The van der Waals surface area contributed by atoms with Crippen LogP contribution in [-0.4, -0.2) is 37.3 Å². The van der Waals surface area contributed by atoms with Crippen LogP contribution < -0.4 is 4.74 Å². The standard InChI is InChI=1S/C19H18ClF3N2O4/c1-10-5-11(19(21,22)23)6-13(28-9-26-2)14(10)16-12-7-29-18(3-4-27-8-18)15(12)17(20)25-24-16/h5-6H,3-4,7-9H2,1-2H3. The summed E-state index contributed by atoms with van der Waals surface area (Å²) >= 11 is 6.34. The Bertz CT molecular complexity index is 946. The average Bonchev–Trinajstić information content (AvgIpc) is 3.29. The molecule has 2 aliphatic heterocycles. The van der Waals surface area contributed by atoms with E-state index in [0.717, 1.165) is 12.1 Å². The second kappa shape index (κ2) is 7.39. The Morgan fingerprint density at radius 2 is 2.07 bits per heavy atom. The van der Waals surface area contributed by atoms with Gasteiger partial charge in [0.25, 0.3) is 0 Å². The third-order valence-corrected chi connectivity index (χ3v) is 5.43. The maximum absolute atomic E-state index is 13.3. The minimum Gasteiger partial charge on any atom is -0.467 e. The van der Waals surface area contributed by atoms with Gasteiger partial charge in [-0.15, -0.1) is 10.2 Å². The number of methoxy groups -OCH3 is 1. The van der Waals surface area contributed by atoms with Crippen LogP contribution >= 0.6 is 11.6 Å². The second-order valence-corrected chi connectivity index (χ2v) is 7.35. The zero-order valence-electron chi connectivity index (χ0n) is 15.7. The van der Waals surface area contributed by atoms with Crippen molar-refractivity contribution >= 4 is 11.6 Å². The van der Waals surface area contributed by atoms with Crippen molar-refractivity contribution in [1.82, 2.24) is 10.2 Å². The van der Waals surface area contributed by atoms with Crippen LogP contribution in [0.1, 0.15) is 28.7 Å². The minimum atomic E-state index is -4.52. The van der Waals surface area contributed by atoms with Crippen LogP contribution in [0.3, 0.4) is 0 Å². The van der Waals surface area contributed by atoms with E-state index < -0.39 is 17.3 Å². The maximum atomic E-state index is 13.3. The second-order valence-electron chi connectivity index (χ2n) is 6.99. The van der Waals surface area contributed by atoms with E-state index in [1.165, 1.54) is 7.11 Å². The Hall–Kier alpha value is -1.94. The summed E-state index contributed by atoms with van der Waals surface area (Å²) in [5.41, 5.74) is 0.957. The van der Waals surface area contributed by atoms with Gasteiger partial charge in [0.15, 0.2) is 11.9 Å². The predicted octanol–water partition coefficient (Wildman–Crippen LogP) is 4.25. The van der Waals surface area contributed by atoms with E-state index in [2.05, 4.69) is 10.2 Å². The number of halogens is 4. The number of alkyl halides is 3. The van der Waals surface area contributed by atoms with E-state index >= 15 is 0 Å². The third kappa shape index (κ3) is 3.46. The van der Waals surface area contributed by atoms with Gasteiger partial charge in [-0.25, -0.2) is 0 Å². The Morgan fingerprint density at radius 3 is 2.72 bits per heavy atom. The molecule has 3 heterocycles. The first kappa shape index (κ1) is 20.3. The summed E-state index contributed by atoms with van der Waals surface area (Å²) in [5, 5.41) is 8.45. The molecule has 0 amide bonds. The van der Waals surface area contributed by atoms with Crippen molar-refractivity contribution in [1.29, 1.82) is 0 Å². The van der Waals surface area contributed by atoms with Crippen LogP contribution in [-0.2, 0) is 32.6 Å². The van der Waals surface area contributed by atoms with E-state index in [9.17, 15) is 13.2 Å². The highest BCUT2D eigenvalue weighted by atomic mass is 35.5. The van der Waals surface area contributed by atoms with Crippen LogP contribution in [0.15, 0.2) is 12.1 Å². The highest BCUT2D eigenvalue weighted by Crippen LogP contribution is 2.49. The topological polar surface area (TPSA) is 62.7 Å². The van der Waals surface area contributed by atoms with Gasteiger partial charge in [-0.2, -0.15) is 13.2 Å². The average molecular weight is 431 g/mol. The fourth-order valence-electron chi connectivity index (χ4n) is 3.85. The fourth-order valence-corrected chi connectivity index (χ4v) is 4.17. The van der Waals surface area contributed by atoms with Gasteiger partial charge in [0.2, 0.25) is 0 Å². The molecule has 2 aromatic rings. The number of benzene rings is 1. The van der Waals surface area contributed by atoms with Gasteiger partial charge in [0.1, 0.15) is 17.0 Å². The van der Waals surface area contributed by atoms with E-state index in [-0.39, 0.29) is 24.3 Å². The molecule has 1 unspecified atom stereocenters.